The minimum atomic E-state index is -0.445. The maximum absolute atomic E-state index is 9.98. The quantitative estimate of drug-likeness (QED) is 0.511. The molecule has 1 rings (SSSR count). The van der Waals surface area contributed by atoms with Gasteiger partial charge in [0, 0.05) is 5.02 Å². The monoisotopic (exact) mass is 344 g/mol. The third-order valence-electron chi connectivity index (χ3n) is 4.08. The van der Waals surface area contributed by atoms with Crippen molar-refractivity contribution >= 4 is 11.6 Å². The highest BCUT2D eigenvalue weighted by molar-refractivity contribution is 6.31. The number of nitrogens with two attached hydrogens (primary N) is 1. The standard InChI is InChI=1S/C18H31ClN2O2/c1-14(2)21(15(3)4)10-9-20-11-17(22)13-23-12-16-7-5-6-8-18(16)19/h5-8,14-15,17,20,22H,9-13H2,1-4H3/p+2/t17-/m0/s1. The van der Waals surface area contributed by atoms with Crippen molar-refractivity contribution in [2.45, 2.75) is 52.5 Å². The van der Waals surface area contributed by atoms with Gasteiger partial charge >= 0.3 is 0 Å². The Morgan fingerprint density at radius 1 is 1.17 bits per heavy atom. The van der Waals surface area contributed by atoms with Crippen LogP contribution >= 0.6 is 11.6 Å². The first-order chi connectivity index (χ1) is 10.9. The molecule has 132 valence electrons. The number of quaternary nitrogens is 2. The summed E-state index contributed by atoms with van der Waals surface area (Å²) in [4.78, 5) is 1.60. The van der Waals surface area contributed by atoms with Crippen molar-refractivity contribution in [3.63, 3.8) is 0 Å². The first-order valence-electron chi connectivity index (χ1n) is 8.58. The van der Waals surface area contributed by atoms with E-state index in [9.17, 15) is 5.11 Å². The summed E-state index contributed by atoms with van der Waals surface area (Å²) in [6.07, 6.45) is -0.445. The Morgan fingerprint density at radius 2 is 1.83 bits per heavy atom. The molecule has 0 aliphatic carbocycles. The van der Waals surface area contributed by atoms with Crippen LogP contribution in [0.4, 0.5) is 0 Å². The average Bonchev–Trinajstić information content (AvgIpc) is 2.48. The molecule has 0 aromatic heterocycles. The largest absolute Gasteiger partial charge is 0.385 e. The van der Waals surface area contributed by atoms with Crippen molar-refractivity contribution in [3.8, 4) is 0 Å². The Labute approximate surface area is 145 Å². The molecule has 23 heavy (non-hydrogen) atoms. The molecule has 0 spiro atoms. The summed E-state index contributed by atoms with van der Waals surface area (Å²) in [7, 11) is 0. The summed E-state index contributed by atoms with van der Waals surface area (Å²) in [5.74, 6) is 0. The highest BCUT2D eigenvalue weighted by Gasteiger charge is 2.17. The van der Waals surface area contributed by atoms with E-state index in [1.54, 1.807) is 4.90 Å². The van der Waals surface area contributed by atoms with Crippen molar-refractivity contribution in [2.75, 3.05) is 26.2 Å². The Balaban J connectivity index is 2.15. The fraction of sp³-hybridized carbons (Fsp3) is 0.667. The summed E-state index contributed by atoms with van der Waals surface area (Å²) in [5, 5.41) is 12.9. The second-order valence-corrected chi connectivity index (χ2v) is 7.11. The normalized spacial score (nSPS) is 13.3. The Morgan fingerprint density at radius 3 is 2.43 bits per heavy atom. The molecule has 1 aromatic carbocycles. The van der Waals surface area contributed by atoms with Gasteiger partial charge in [-0.15, -0.1) is 0 Å². The summed E-state index contributed by atoms with van der Waals surface area (Å²) in [6.45, 7) is 12.6. The van der Waals surface area contributed by atoms with E-state index in [1.807, 2.05) is 24.3 Å². The predicted molar refractivity (Wildman–Crippen MR) is 94.9 cm³/mol. The zero-order valence-electron chi connectivity index (χ0n) is 14.9. The maximum atomic E-state index is 9.98. The highest BCUT2D eigenvalue weighted by Crippen LogP contribution is 2.15. The lowest BCUT2D eigenvalue weighted by molar-refractivity contribution is -0.952. The molecule has 0 saturated heterocycles. The Kier molecular flexibility index (Phi) is 9.75. The van der Waals surface area contributed by atoms with Crippen molar-refractivity contribution in [2.24, 2.45) is 0 Å². The van der Waals surface area contributed by atoms with Gasteiger partial charge in [0.15, 0.2) is 0 Å². The van der Waals surface area contributed by atoms with Gasteiger partial charge in [-0.05, 0) is 39.3 Å². The van der Waals surface area contributed by atoms with E-state index in [0.717, 1.165) is 18.7 Å². The molecule has 4 N–H and O–H groups in total. The minimum absolute atomic E-state index is 0.340. The van der Waals surface area contributed by atoms with E-state index in [1.165, 1.54) is 0 Å². The zero-order chi connectivity index (χ0) is 17.2. The molecule has 0 unspecified atom stereocenters. The van der Waals surface area contributed by atoms with Gasteiger partial charge in [0.25, 0.3) is 0 Å². The first kappa shape index (κ1) is 20.4. The molecule has 0 amide bonds. The Bertz CT molecular complexity index is 433. The maximum Gasteiger partial charge on any atom is 0.127 e. The summed E-state index contributed by atoms with van der Waals surface area (Å²) < 4.78 is 5.56. The van der Waals surface area contributed by atoms with Crippen LogP contribution < -0.4 is 10.2 Å². The van der Waals surface area contributed by atoms with Crippen LogP contribution in [0.1, 0.15) is 33.3 Å². The second-order valence-electron chi connectivity index (χ2n) is 6.71. The number of ether oxygens (including phenoxy) is 1. The number of hydrogen-bond acceptors (Lipinski definition) is 2. The smallest absolute Gasteiger partial charge is 0.127 e. The average molecular weight is 345 g/mol. The SMILES string of the molecule is CC(C)[NH+](CC[NH2+]C[C@H](O)COCc1ccccc1Cl)C(C)C. The predicted octanol–water partition coefficient (Wildman–Crippen LogP) is 0.483. The van der Waals surface area contributed by atoms with E-state index >= 15 is 0 Å². The van der Waals surface area contributed by atoms with Crippen LogP contribution in [0.15, 0.2) is 24.3 Å². The van der Waals surface area contributed by atoms with E-state index < -0.39 is 6.10 Å². The van der Waals surface area contributed by atoms with Crippen LogP contribution in [0.5, 0.6) is 0 Å². The van der Waals surface area contributed by atoms with Crippen LogP contribution in [-0.4, -0.2) is 49.5 Å². The fourth-order valence-electron chi connectivity index (χ4n) is 2.81. The molecular formula is C18H33ClN2O2+2. The number of aliphatic hydroxyl groups is 1. The fourth-order valence-corrected chi connectivity index (χ4v) is 3.00. The molecule has 0 aliphatic rings. The minimum Gasteiger partial charge on any atom is -0.385 e. The van der Waals surface area contributed by atoms with Gasteiger partial charge < -0.3 is 20.1 Å². The van der Waals surface area contributed by atoms with Crippen molar-refractivity contribution in [3.05, 3.63) is 34.9 Å². The van der Waals surface area contributed by atoms with Crippen molar-refractivity contribution in [1.82, 2.24) is 0 Å². The van der Waals surface area contributed by atoms with Crippen LogP contribution in [0.3, 0.4) is 0 Å². The molecule has 0 heterocycles. The van der Waals surface area contributed by atoms with Gasteiger partial charge in [0.2, 0.25) is 0 Å². The molecule has 0 saturated carbocycles. The first-order valence-corrected chi connectivity index (χ1v) is 8.96. The van der Waals surface area contributed by atoms with Gasteiger partial charge in [0.05, 0.1) is 25.3 Å². The number of rotatable bonds is 11. The lowest BCUT2D eigenvalue weighted by Crippen LogP contribution is -3.19. The zero-order valence-corrected chi connectivity index (χ0v) is 15.6. The van der Waals surface area contributed by atoms with Gasteiger partial charge in [-0.2, -0.15) is 0 Å². The van der Waals surface area contributed by atoms with Gasteiger partial charge in [0.1, 0.15) is 25.7 Å². The van der Waals surface area contributed by atoms with Crippen LogP contribution in [0.2, 0.25) is 5.02 Å². The van der Waals surface area contributed by atoms with Crippen LogP contribution in [-0.2, 0) is 11.3 Å². The number of halogens is 1. The lowest BCUT2D eigenvalue weighted by Gasteiger charge is -2.26. The lowest BCUT2D eigenvalue weighted by atomic mass is 10.2. The van der Waals surface area contributed by atoms with Gasteiger partial charge in [-0.3, -0.25) is 0 Å². The Hall–Kier alpha value is -0.650. The highest BCUT2D eigenvalue weighted by atomic mass is 35.5. The molecule has 0 bridgehead atoms. The third kappa shape index (κ3) is 8.13. The molecule has 0 fully saturated rings. The summed E-state index contributed by atoms with van der Waals surface area (Å²) in [6, 6.07) is 8.89. The second kappa shape index (κ2) is 11.0. The number of nitrogens with one attached hydrogen (secondary N) is 1. The molecule has 1 atom stereocenters. The molecule has 0 radical (unpaired) electrons. The molecule has 1 aromatic rings. The number of hydrogen-bond donors (Lipinski definition) is 3. The van der Waals surface area contributed by atoms with Gasteiger partial charge in [-0.1, -0.05) is 29.8 Å². The van der Waals surface area contributed by atoms with Crippen molar-refractivity contribution < 1.29 is 20.1 Å². The summed E-state index contributed by atoms with van der Waals surface area (Å²) in [5.41, 5.74) is 0.957. The van der Waals surface area contributed by atoms with Gasteiger partial charge in [-0.25, -0.2) is 0 Å². The van der Waals surface area contributed by atoms with E-state index in [-0.39, 0.29) is 0 Å². The van der Waals surface area contributed by atoms with Crippen molar-refractivity contribution in [1.29, 1.82) is 0 Å². The third-order valence-corrected chi connectivity index (χ3v) is 4.45. The van der Waals surface area contributed by atoms with Crippen LogP contribution in [0, 0.1) is 0 Å². The molecule has 5 heteroatoms. The molecular weight excluding hydrogens is 312 g/mol. The van der Waals surface area contributed by atoms with E-state index in [0.29, 0.717) is 36.9 Å². The topological polar surface area (TPSA) is 50.5 Å². The number of aliphatic hydroxyl groups excluding tert-OH is 1. The summed E-state index contributed by atoms with van der Waals surface area (Å²) >= 11 is 6.07. The molecule has 0 aliphatic heterocycles. The van der Waals surface area contributed by atoms with E-state index in [2.05, 4.69) is 33.0 Å². The van der Waals surface area contributed by atoms with Crippen LogP contribution in [0.25, 0.3) is 0 Å². The van der Waals surface area contributed by atoms with E-state index in [4.69, 9.17) is 16.3 Å². The number of benzene rings is 1. The molecule has 4 nitrogen and oxygen atoms in total.